The molecule has 0 bridgehead atoms. The van der Waals surface area contributed by atoms with Crippen molar-refractivity contribution in [1.82, 2.24) is 14.9 Å². The molecule has 3 heterocycles. The van der Waals surface area contributed by atoms with Gasteiger partial charge >= 0.3 is 0 Å². The third-order valence-corrected chi connectivity index (χ3v) is 4.72. The van der Waals surface area contributed by atoms with Crippen molar-refractivity contribution in [1.29, 1.82) is 0 Å². The SMILES string of the molecule is Cc1cc(C(=O)N2CC(c3cccnc3)C2)c2cccc(C)c2n1. The number of carbonyl (C=O) groups excluding carboxylic acids is 1. The summed E-state index contributed by atoms with van der Waals surface area (Å²) in [6.45, 7) is 5.47. The predicted molar refractivity (Wildman–Crippen MR) is 94.1 cm³/mol. The molecule has 1 saturated heterocycles. The number of hydrogen-bond acceptors (Lipinski definition) is 3. The molecule has 1 aliphatic rings. The average Bonchev–Trinajstić information content (AvgIpc) is 2.54. The molecular weight excluding hydrogens is 298 g/mol. The van der Waals surface area contributed by atoms with Gasteiger partial charge in [-0.05, 0) is 37.1 Å². The molecule has 0 radical (unpaired) electrons. The van der Waals surface area contributed by atoms with Crippen LogP contribution in [-0.2, 0) is 0 Å². The molecule has 0 atom stereocenters. The second-order valence-electron chi connectivity index (χ2n) is 6.48. The van der Waals surface area contributed by atoms with Crippen LogP contribution in [0.1, 0.15) is 33.1 Å². The zero-order chi connectivity index (χ0) is 16.7. The van der Waals surface area contributed by atoms with Crippen molar-refractivity contribution in [3.05, 3.63) is 71.2 Å². The average molecular weight is 317 g/mol. The minimum atomic E-state index is 0.0937. The summed E-state index contributed by atoms with van der Waals surface area (Å²) < 4.78 is 0. The molecule has 4 nitrogen and oxygen atoms in total. The third kappa shape index (κ3) is 2.44. The summed E-state index contributed by atoms with van der Waals surface area (Å²) in [6, 6.07) is 11.9. The van der Waals surface area contributed by atoms with Crippen LogP contribution in [0.3, 0.4) is 0 Å². The first-order chi connectivity index (χ1) is 11.6. The zero-order valence-electron chi connectivity index (χ0n) is 13.9. The Hall–Kier alpha value is -2.75. The van der Waals surface area contributed by atoms with Crippen LogP contribution in [0.5, 0.6) is 0 Å². The Labute approximate surface area is 141 Å². The molecule has 4 rings (SSSR count). The van der Waals surface area contributed by atoms with Crippen molar-refractivity contribution >= 4 is 16.8 Å². The van der Waals surface area contributed by atoms with E-state index in [4.69, 9.17) is 0 Å². The van der Waals surface area contributed by atoms with E-state index in [1.165, 1.54) is 5.56 Å². The number of benzene rings is 1. The number of likely N-dealkylation sites (tertiary alicyclic amines) is 1. The lowest BCUT2D eigenvalue weighted by atomic mass is 9.91. The quantitative estimate of drug-likeness (QED) is 0.727. The number of hydrogen-bond donors (Lipinski definition) is 0. The number of pyridine rings is 2. The van der Waals surface area contributed by atoms with Crippen LogP contribution in [0.15, 0.2) is 48.8 Å². The van der Waals surface area contributed by atoms with Crippen molar-refractivity contribution in [2.75, 3.05) is 13.1 Å². The molecule has 3 aromatic rings. The fraction of sp³-hybridized carbons (Fsp3) is 0.250. The van der Waals surface area contributed by atoms with E-state index in [9.17, 15) is 4.79 Å². The van der Waals surface area contributed by atoms with Crippen molar-refractivity contribution in [3.63, 3.8) is 0 Å². The van der Waals surface area contributed by atoms with Gasteiger partial charge in [-0.3, -0.25) is 14.8 Å². The predicted octanol–water partition coefficient (Wildman–Crippen LogP) is 3.49. The van der Waals surface area contributed by atoms with E-state index in [2.05, 4.69) is 16.0 Å². The summed E-state index contributed by atoms with van der Waals surface area (Å²) in [6.07, 6.45) is 3.67. The Bertz CT molecular complexity index is 915. The lowest BCUT2D eigenvalue weighted by Crippen LogP contribution is -2.48. The Kier molecular flexibility index (Phi) is 3.53. The lowest BCUT2D eigenvalue weighted by Gasteiger charge is -2.39. The van der Waals surface area contributed by atoms with Crippen LogP contribution in [-0.4, -0.2) is 33.9 Å². The fourth-order valence-corrected chi connectivity index (χ4v) is 3.34. The molecule has 4 heteroatoms. The number of para-hydroxylation sites is 1. The number of aryl methyl sites for hydroxylation is 2. The van der Waals surface area contributed by atoms with Crippen molar-refractivity contribution in [3.8, 4) is 0 Å². The highest BCUT2D eigenvalue weighted by molar-refractivity contribution is 6.07. The summed E-state index contributed by atoms with van der Waals surface area (Å²) in [4.78, 5) is 23.6. The first-order valence-corrected chi connectivity index (χ1v) is 8.19. The lowest BCUT2D eigenvalue weighted by molar-refractivity contribution is 0.0604. The molecule has 0 aliphatic carbocycles. The number of nitrogens with zero attached hydrogens (tertiary/aromatic N) is 3. The number of carbonyl (C=O) groups is 1. The smallest absolute Gasteiger partial charge is 0.254 e. The zero-order valence-corrected chi connectivity index (χ0v) is 13.9. The van der Waals surface area contributed by atoms with Gasteiger partial charge in [0.1, 0.15) is 0 Å². The first kappa shape index (κ1) is 14.8. The number of fused-ring (bicyclic) bond motifs is 1. The highest BCUT2D eigenvalue weighted by Gasteiger charge is 2.33. The van der Waals surface area contributed by atoms with Gasteiger partial charge in [0.25, 0.3) is 5.91 Å². The normalized spacial score (nSPS) is 14.7. The summed E-state index contributed by atoms with van der Waals surface area (Å²) >= 11 is 0. The molecule has 1 fully saturated rings. The number of rotatable bonds is 2. The Morgan fingerprint density at radius 3 is 2.75 bits per heavy atom. The van der Waals surface area contributed by atoms with E-state index < -0.39 is 0 Å². The minimum Gasteiger partial charge on any atom is -0.337 e. The Morgan fingerprint density at radius 1 is 1.17 bits per heavy atom. The molecule has 0 saturated carbocycles. The Balaban J connectivity index is 1.62. The number of aromatic nitrogens is 2. The van der Waals surface area contributed by atoms with E-state index in [1.54, 1.807) is 6.20 Å². The van der Waals surface area contributed by atoms with Crippen LogP contribution in [0.25, 0.3) is 10.9 Å². The molecule has 0 unspecified atom stereocenters. The molecule has 1 aliphatic heterocycles. The van der Waals surface area contributed by atoms with Crippen molar-refractivity contribution < 1.29 is 4.79 Å². The van der Waals surface area contributed by atoms with E-state index in [-0.39, 0.29) is 5.91 Å². The molecule has 1 aromatic carbocycles. The maximum atomic E-state index is 13.0. The molecular formula is C20H19N3O. The van der Waals surface area contributed by atoms with E-state index in [0.29, 0.717) is 5.92 Å². The van der Waals surface area contributed by atoms with Crippen LogP contribution in [0.2, 0.25) is 0 Å². The first-order valence-electron chi connectivity index (χ1n) is 8.19. The largest absolute Gasteiger partial charge is 0.337 e. The van der Waals surface area contributed by atoms with Gasteiger partial charge in [-0.15, -0.1) is 0 Å². The Morgan fingerprint density at radius 2 is 2.00 bits per heavy atom. The van der Waals surface area contributed by atoms with Crippen LogP contribution >= 0.6 is 0 Å². The van der Waals surface area contributed by atoms with Gasteiger partial charge in [0.2, 0.25) is 0 Å². The van der Waals surface area contributed by atoms with E-state index in [1.807, 2.05) is 55.3 Å². The maximum Gasteiger partial charge on any atom is 0.254 e. The highest BCUT2D eigenvalue weighted by atomic mass is 16.2. The van der Waals surface area contributed by atoms with Gasteiger partial charge in [0.05, 0.1) is 11.1 Å². The molecule has 0 N–H and O–H groups in total. The third-order valence-electron chi connectivity index (χ3n) is 4.72. The second kappa shape index (κ2) is 5.71. The maximum absolute atomic E-state index is 13.0. The van der Waals surface area contributed by atoms with Crippen molar-refractivity contribution in [2.24, 2.45) is 0 Å². The van der Waals surface area contributed by atoms with Gasteiger partial charge in [0.15, 0.2) is 0 Å². The van der Waals surface area contributed by atoms with Crippen LogP contribution < -0.4 is 0 Å². The van der Waals surface area contributed by atoms with Gasteiger partial charge in [-0.1, -0.05) is 24.3 Å². The second-order valence-corrected chi connectivity index (χ2v) is 6.48. The van der Waals surface area contributed by atoms with E-state index >= 15 is 0 Å². The topological polar surface area (TPSA) is 46.1 Å². The molecule has 1 amide bonds. The van der Waals surface area contributed by atoms with Gasteiger partial charge in [-0.2, -0.15) is 0 Å². The number of amides is 1. The fourth-order valence-electron chi connectivity index (χ4n) is 3.34. The standard InChI is InChI=1S/C20H19N3O/c1-13-5-3-7-17-18(9-14(2)22-19(13)17)20(24)23-11-16(12-23)15-6-4-8-21-10-15/h3-10,16H,11-12H2,1-2H3. The molecule has 0 spiro atoms. The minimum absolute atomic E-state index is 0.0937. The van der Waals surface area contributed by atoms with Crippen LogP contribution in [0, 0.1) is 13.8 Å². The van der Waals surface area contributed by atoms with E-state index in [0.717, 1.165) is 40.8 Å². The van der Waals surface area contributed by atoms with Crippen LogP contribution in [0.4, 0.5) is 0 Å². The summed E-state index contributed by atoms with van der Waals surface area (Å²) in [5.41, 5.74) is 4.86. The highest BCUT2D eigenvalue weighted by Crippen LogP contribution is 2.30. The molecule has 24 heavy (non-hydrogen) atoms. The summed E-state index contributed by atoms with van der Waals surface area (Å²) in [5.74, 6) is 0.481. The summed E-state index contributed by atoms with van der Waals surface area (Å²) in [5, 5.41) is 0.940. The molecule has 120 valence electrons. The summed E-state index contributed by atoms with van der Waals surface area (Å²) in [7, 11) is 0. The molecule has 2 aromatic heterocycles. The van der Waals surface area contributed by atoms with Gasteiger partial charge in [-0.25, -0.2) is 0 Å². The van der Waals surface area contributed by atoms with Gasteiger partial charge in [0, 0.05) is 42.5 Å². The van der Waals surface area contributed by atoms with Crippen molar-refractivity contribution in [2.45, 2.75) is 19.8 Å². The monoisotopic (exact) mass is 317 g/mol. The van der Waals surface area contributed by atoms with Gasteiger partial charge < -0.3 is 4.90 Å².